The van der Waals surface area contributed by atoms with Crippen molar-refractivity contribution in [2.45, 2.75) is 52.1 Å². The number of hydrogen-bond donors (Lipinski definition) is 2. The Morgan fingerprint density at radius 2 is 1.87 bits per heavy atom. The molecule has 0 aromatic heterocycles. The third kappa shape index (κ3) is 3.03. The van der Waals surface area contributed by atoms with Crippen molar-refractivity contribution in [2.24, 2.45) is 5.84 Å². The van der Waals surface area contributed by atoms with Crippen LogP contribution >= 0.6 is 0 Å². The summed E-state index contributed by atoms with van der Waals surface area (Å²) >= 11 is 0. The van der Waals surface area contributed by atoms with Gasteiger partial charge in [-0.2, -0.15) is 0 Å². The topological polar surface area (TPSA) is 41.3 Å². The second-order valence-corrected chi connectivity index (χ2v) is 5.24. The summed E-state index contributed by atoms with van der Waals surface area (Å²) in [4.78, 5) is 2.52. The normalized spacial score (nSPS) is 20.3. The molecule has 0 saturated carbocycles. The highest BCUT2D eigenvalue weighted by Crippen LogP contribution is 2.25. The van der Waals surface area contributed by atoms with Crippen LogP contribution in [0.25, 0.3) is 0 Å². The summed E-state index contributed by atoms with van der Waals surface area (Å²) in [6, 6.07) is 0.223. The van der Waals surface area contributed by atoms with Crippen molar-refractivity contribution in [3.63, 3.8) is 0 Å². The van der Waals surface area contributed by atoms with Crippen LogP contribution in [0.5, 0.6) is 0 Å². The van der Waals surface area contributed by atoms with Crippen LogP contribution < -0.4 is 11.3 Å². The minimum atomic E-state index is 0.0997. The standard InChI is InChI=1S/C12H25N3/c1-10(2)9-11(14-13)12(3,4)15-7-5-6-8-15/h9,11,14H,5-8,13H2,1-4H3. The van der Waals surface area contributed by atoms with Crippen LogP contribution in [0.1, 0.15) is 40.5 Å². The van der Waals surface area contributed by atoms with Crippen molar-refractivity contribution in [3.05, 3.63) is 11.6 Å². The number of nitrogens with two attached hydrogens (primary N) is 1. The van der Waals surface area contributed by atoms with Gasteiger partial charge in [0.25, 0.3) is 0 Å². The van der Waals surface area contributed by atoms with Crippen molar-refractivity contribution < 1.29 is 0 Å². The van der Waals surface area contributed by atoms with Gasteiger partial charge in [0.1, 0.15) is 0 Å². The molecular weight excluding hydrogens is 186 g/mol. The first-order valence-corrected chi connectivity index (χ1v) is 5.84. The van der Waals surface area contributed by atoms with Gasteiger partial charge in [0.05, 0.1) is 6.04 Å². The number of hydrazine groups is 1. The average Bonchev–Trinajstić information content (AvgIpc) is 2.66. The van der Waals surface area contributed by atoms with Crippen LogP contribution in [0.3, 0.4) is 0 Å². The summed E-state index contributed by atoms with van der Waals surface area (Å²) in [5.74, 6) is 5.65. The lowest BCUT2D eigenvalue weighted by Crippen LogP contribution is -2.57. The molecule has 0 aliphatic carbocycles. The summed E-state index contributed by atoms with van der Waals surface area (Å²) < 4.78 is 0. The van der Waals surface area contributed by atoms with E-state index in [9.17, 15) is 0 Å². The molecule has 0 amide bonds. The highest BCUT2D eigenvalue weighted by Gasteiger charge is 2.34. The highest BCUT2D eigenvalue weighted by molar-refractivity contribution is 5.09. The zero-order chi connectivity index (χ0) is 11.5. The molecule has 3 nitrogen and oxygen atoms in total. The molecule has 0 radical (unpaired) electrons. The summed E-state index contributed by atoms with van der Waals surface area (Å²) in [7, 11) is 0. The van der Waals surface area contributed by atoms with E-state index in [0.717, 1.165) is 0 Å². The molecule has 0 bridgehead atoms. The molecule has 15 heavy (non-hydrogen) atoms. The summed E-state index contributed by atoms with van der Waals surface area (Å²) in [5, 5.41) is 0. The fourth-order valence-corrected chi connectivity index (χ4v) is 2.28. The Morgan fingerprint density at radius 1 is 1.33 bits per heavy atom. The van der Waals surface area contributed by atoms with Gasteiger partial charge in [-0.05, 0) is 53.6 Å². The van der Waals surface area contributed by atoms with Gasteiger partial charge in [0.15, 0.2) is 0 Å². The number of nitrogens with one attached hydrogen (secondary N) is 1. The second kappa shape index (κ2) is 5.10. The molecule has 1 rings (SSSR count). The van der Waals surface area contributed by atoms with Crippen LogP contribution in [-0.2, 0) is 0 Å². The van der Waals surface area contributed by atoms with Gasteiger partial charge in [-0.15, -0.1) is 0 Å². The highest BCUT2D eigenvalue weighted by atomic mass is 15.3. The number of nitrogens with zero attached hydrogens (tertiary/aromatic N) is 1. The smallest absolute Gasteiger partial charge is 0.0571 e. The Hall–Kier alpha value is -0.380. The Labute approximate surface area is 93.7 Å². The number of hydrogen-bond acceptors (Lipinski definition) is 3. The van der Waals surface area contributed by atoms with Crippen LogP contribution in [-0.4, -0.2) is 29.6 Å². The Morgan fingerprint density at radius 3 is 2.27 bits per heavy atom. The van der Waals surface area contributed by atoms with E-state index in [1.165, 1.54) is 31.5 Å². The van der Waals surface area contributed by atoms with Crippen molar-refractivity contribution in [1.29, 1.82) is 0 Å². The number of rotatable bonds is 4. The van der Waals surface area contributed by atoms with Crippen LogP contribution in [0.4, 0.5) is 0 Å². The lowest BCUT2D eigenvalue weighted by molar-refractivity contribution is 0.125. The van der Waals surface area contributed by atoms with E-state index in [0.29, 0.717) is 0 Å². The fraction of sp³-hybridized carbons (Fsp3) is 0.833. The molecule has 3 N–H and O–H groups in total. The van der Waals surface area contributed by atoms with E-state index in [-0.39, 0.29) is 11.6 Å². The maximum atomic E-state index is 5.65. The molecule has 3 heteroatoms. The van der Waals surface area contributed by atoms with Crippen molar-refractivity contribution in [1.82, 2.24) is 10.3 Å². The largest absolute Gasteiger partial charge is 0.296 e. The van der Waals surface area contributed by atoms with Gasteiger partial charge < -0.3 is 0 Å². The maximum absolute atomic E-state index is 5.65. The van der Waals surface area contributed by atoms with Crippen LogP contribution in [0.15, 0.2) is 11.6 Å². The van der Waals surface area contributed by atoms with Gasteiger partial charge in [-0.1, -0.05) is 11.6 Å². The molecule has 0 spiro atoms. The van der Waals surface area contributed by atoms with E-state index < -0.39 is 0 Å². The predicted molar refractivity (Wildman–Crippen MR) is 65.4 cm³/mol. The van der Waals surface area contributed by atoms with Crippen molar-refractivity contribution >= 4 is 0 Å². The van der Waals surface area contributed by atoms with Crippen LogP contribution in [0, 0.1) is 0 Å². The monoisotopic (exact) mass is 211 g/mol. The molecule has 1 heterocycles. The zero-order valence-electron chi connectivity index (χ0n) is 10.5. The van der Waals surface area contributed by atoms with Gasteiger partial charge in [-0.3, -0.25) is 16.2 Å². The molecule has 1 fully saturated rings. The van der Waals surface area contributed by atoms with Gasteiger partial charge in [0, 0.05) is 5.54 Å². The lowest BCUT2D eigenvalue weighted by Gasteiger charge is -2.40. The maximum Gasteiger partial charge on any atom is 0.0571 e. The molecule has 1 aliphatic heterocycles. The Kier molecular flexibility index (Phi) is 4.32. The average molecular weight is 211 g/mol. The number of likely N-dealkylation sites (tertiary alicyclic amines) is 1. The molecule has 88 valence electrons. The Balaban J connectivity index is 2.75. The van der Waals surface area contributed by atoms with Crippen molar-refractivity contribution in [3.8, 4) is 0 Å². The van der Waals surface area contributed by atoms with E-state index >= 15 is 0 Å². The van der Waals surface area contributed by atoms with E-state index in [2.05, 4.69) is 44.1 Å². The molecule has 1 unspecified atom stereocenters. The second-order valence-electron chi connectivity index (χ2n) is 5.24. The fourth-order valence-electron chi connectivity index (χ4n) is 2.28. The molecule has 0 aromatic carbocycles. The molecular formula is C12H25N3. The summed E-state index contributed by atoms with van der Waals surface area (Å²) in [6.45, 7) is 11.2. The quantitative estimate of drug-likeness (QED) is 0.422. The first kappa shape index (κ1) is 12.7. The van der Waals surface area contributed by atoms with E-state index in [1.807, 2.05) is 0 Å². The third-order valence-corrected chi connectivity index (χ3v) is 3.36. The van der Waals surface area contributed by atoms with Gasteiger partial charge in [-0.25, -0.2) is 0 Å². The zero-order valence-corrected chi connectivity index (χ0v) is 10.5. The van der Waals surface area contributed by atoms with Crippen LogP contribution in [0.2, 0.25) is 0 Å². The lowest BCUT2D eigenvalue weighted by atomic mass is 9.91. The SMILES string of the molecule is CC(C)=CC(NN)C(C)(C)N1CCCC1. The molecule has 1 aliphatic rings. The minimum Gasteiger partial charge on any atom is -0.296 e. The van der Waals surface area contributed by atoms with E-state index in [4.69, 9.17) is 5.84 Å². The predicted octanol–water partition coefficient (Wildman–Crippen LogP) is 1.66. The molecule has 0 aromatic rings. The van der Waals surface area contributed by atoms with Gasteiger partial charge >= 0.3 is 0 Å². The Bertz CT molecular complexity index is 223. The van der Waals surface area contributed by atoms with Gasteiger partial charge in [0.2, 0.25) is 0 Å². The summed E-state index contributed by atoms with van der Waals surface area (Å²) in [6.07, 6.45) is 4.85. The van der Waals surface area contributed by atoms with E-state index in [1.54, 1.807) is 0 Å². The molecule has 1 atom stereocenters. The first-order chi connectivity index (χ1) is 6.98. The third-order valence-electron chi connectivity index (χ3n) is 3.36. The minimum absolute atomic E-state index is 0.0997. The van der Waals surface area contributed by atoms with Crippen molar-refractivity contribution in [2.75, 3.05) is 13.1 Å². The summed E-state index contributed by atoms with van der Waals surface area (Å²) in [5.41, 5.74) is 4.34. The molecule has 1 saturated heterocycles. The first-order valence-electron chi connectivity index (χ1n) is 5.84. The number of allylic oxidation sites excluding steroid dienone is 1.